The van der Waals surface area contributed by atoms with Crippen LogP contribution < -0.4 is 4.74 Å². The van der Waals surface area contributed by atoms with Gasteiger partial charge in [0, 0.05) is 19.7 Å². The number of benzene rings is 1. The third-order valence-electron chi connectivity index (χ3n) is 3.59. The number of alkyl halides is 3. The molecule has 118 valence electrons. The number of hydrogen-bond donors (Lipinski definition) is 1. The molecule has 0 amide bonds. The Morgan fingerprint density at radius 3 is 2.57 bits per heavy atom. The largest absolute Gasteiger partial charge is 0.484 e. The first-order valence-corrected chi connectivity index (χ1v) is 7.08. The maximum Gasteiger partial charge on any atom is 0.422 e. The zero-order valence-electron chi connectivity index (χ0n) is 11.8. The first-order chi connectivity index (χ1) is 9.96. The number of nitrogens with zero attached hydrogens (tertiary/aromatic N) is 1. The Balaban J connectivity index is 1.84. The van der Waals surface area contributed by atoms with Gasteiger partial charge in [0.25, 0.3) is 0 Å². The van der Waals surface area contributed by atoms with Gasteiger partial charge in [-0.3, -0.25) is 4.90 Å². The van der Waals surface area contributed by atoms with Gasteiger partial charge in [0.1, 0.15) is 5.75 Å². The van der Waals surface area contributed by atoms with Gasteiger partial charge in [-0.05, 0) is 43.0 Å². The van der Waals surface area contributed by atoms with E-state index in [0.29, 0.717) is 5.92 Å². The molecule has 6 heteroatoms. The predicted octanol–water partition coefficient (Wildman–Crippen LogP) is 2.83. The molecule has 1 unspecified atom stereocenters. The first kappa shape index (κ1) is 16.1. The number of likely N-dealkylation sites (tertiary alicyclic amines) is 1. The maximum absolute atomic E-state index is 12.0. The SMILES string of the molecule is OCC1CCCN(Cc2ccc(OCC(F)(F)F)cc2)C1. The van der Waals surface area contributed by atoms with Gasteiger partial charge >= 0.3 is 6.18 Å². The van der Waals surface area contributed by atoms with E-state index >= 15 is 0 Å². The molecule has 1 aliphatic rings. The summed E-state index contributed by atoms with van der Waals surface area (Å²) in [6.07, 6.45) is -2.19. The summed E-state index contributed by atoms with van der Waals surface area (Å²) >= 11 is 0. The van der Waals surface area contributed by atoms with Crippen molar-refractivity contribution in [3.8, 4) is 5.75 Å². The lowest BCUT2D eigenvalue weighted by molar-refractivity contribution is -0.153. The zero-order valence-corrected chi connectivity index (χ0v) is 11.8. The van der Waals surface area contributed by atoms with E-state index in [2.05, 4.69) is 9.64 Å². The Morgan fingerprint density at radius 2 is 1.95 bits per heavy atom. The average Bonchev–Trinajstić information content (AvgIpc) is 2.46. The van der Waals surface area contributed by atoms with E-state index in [1.807, 2.05) is 0 Å². The van der Waals surface area contributed by atoms with Gasteiger partial charge in [-0.1, -0.05) is 12.1 Å². The van der Waals surface area contributed by atoms with E-state index in [-0.39, 0.29) is 12.4 Å². The smallest absolute Gasteiger partial charge is 0.422 e. The quantitative estimate of drug-likeness (QED) is 0.908. The van der Waals surface area contributed by atoms with Crippen molar-refractivity contribution in [3.63, 3.8) is 0 Å². The van der Waals surface area contributed by atoms with Crippen LogP contribution in [0.5, 0.6) is 5.75 Å². The Labute approximate surface area is 122 Å². The third-order valence-corrected chi connectivity index (χ3v) is 3.59. The van der Waals surface area contributed by atoms with Crippen molar-refractivity contribution in [3.05, 3.63) is 29.8 Å². The summed E-state index contributed by atoms with van der Waals surface area (Å²) in [6, 6.07) is 6.70. The van der Waals surface area contributed by atoms with Crippen molar-refractivity contribution < 1.29 is 23.0 Å². The van der Waals surface area contributed by atoms with Gasteiger partial charge in [0.15, 0.2) is 6.61 Å². The van der Waals surface area contributed by atoms with E-state index in [0.717, 1.165) is 38.0 Å². The van der Waals surface area contributed by atoms with Crippen molar-refractivity contribution in [2.75, 3.05) is 26.3 Å². The second-order valence-corrected chi connectivity index (χ2v) is 5.47. The molecule has 1 aromatic carbocycles. The maximum atomic E-state index is 12.0. The van der Waals surface area contributed by atoms with E-state index in [1.54, 1.807) is 24.3 Å². The fraction of sp³-hybridized carbons (Fsp3) is 0.600. The lowest BCUT2D eigenvalue weighted by Crippen LogP contribution is -2.36. The van der Waals surface area contributed by atoms with Crippen LogP contribution in [0.4, 0.5) is 13.2 Å². The van der Waals surface area contributed by atoms with Gasteiger partial charge in [-0.15, -0.1) is 0 Å². The fourth-order valence-corrected chi connectivity index (χ4v) is 2.56. The molecule has 0 aromatic heterocycles. The summed E-state index contributed by atoms with van der Waals surface area (Å²) in [5.41, 5.74) is 1.04. The minimum atomic E-state index is -4.31. The number of aliphatic hydroxyl groups excluding tert-OH is 1. The number of piperidine rings is 1. The number of aliphatic hydroxyl groups is 1. The Kier molecular flexibility index (Phi) is 5.47. The van der Waals surface area contributed by atoms with Crippen molar-refractivity contribution in [1.82, 2.24) is 4.90 Å². The van der Waals surface area contributed by atoms with Crippen LogP contribution in [-0.2, 0) is 6.54 Å². The summed E-state index contributed by atoms with van der Waals surface area (Å²) in [7, 11) is 0. The number of ether oxygens (including phenoxy) is 1. The molecule has 2 rings (SSSR count). The molecule has 1 atom stereocenters. The van der Waals surface area contributed by atoms with Crippen LogP contribution in [0.3, 0.4) is 0 Å². The van der Waals surface area contributed by atoms with Crippen molar-refractivity contribution in [2.45, 2.75) is 25.6 Å². The van der Waals surface area contributed by atoms with Gasteiger partial charge < -0.3 is 9.84 Å². The Hall–Kier alpha value is -1.27. The molecular formula is C15H20F3NO2. The molecule has 3 nitrogen and oxygen atoms in total. The highest BCUT2D eigenvalue weighted by Gasteiger charge is 2.28. The van der Waals surface area contributed by atoms with E-state index < -0.39 is 12.8 Å². The van der Waals surface area contributed by atoms with Gasteiger partial charge in [0.05, 0.1) is 0 Å². The molecule has 1 aliphatic heterocycles. The molecule has 0 aliphatic carbocycles. The molecule has 0 saturated carbocycles. The summed E-state index contributed by atoms with van der Waals surface area (Å²) in [5, 5.41) is 9.20. The number of rotatable bonds is 5. The zero-order chi connectivity index (χ0) is 15.3. The highest BCUT2D eigenvalue weighted by atomic mass is 19.4. The molecule has 1 saturated heterocycles. The summed E-state index contributed by atoms with van der Waals surface area (Å²) < 4.78 is 40.8. The second kappa shape index (κ2) is 7.13. The van der Waals surface area contributed by atoms with Crippen molar-refractivity contribution in [1.29, 1.82) is 0 Å². The Bertz CT molecular complexity index is 434. The van der Waals surface area contributed by atoms with Gasteiger partial charge in [0.2, 0.25) is 0 Å². The molecule has 1 N–H and O–H groups in total. The minimum Gasteiger partial charge on any atom is -0.484 e. The van der Waals surface area contributed by atoms with Crippen LogP contribution in [0, 0.1) is 5.92 Å². The predicted molar refractivity (Wildman–Crippen MR) is 73.1 cm³/mol. The second-order valence-electron chi connectivity index (χ2n) is 5.47. The van der Waals surface area contributed by atoms with E-state index in [4.69, 9.17) is 0 Å². The molecule has 1 fully saturated rings. The standard InChI is InChI=1S/C15H20F3NO2/c16-15(17,18)11-21-14-5-3-12(4-6-14)8-19-7-1-2-13(9-19)10-20/h3-6,13,20H,1-2,7-11H2. The minimum absolute atomic E-state index is 0.209. The molecule has 0 radical (unpaired) electrons. The van der Waals surface area contributed by atoms with Crippen molar-refractivity contribution >= 4 is 0 Å². The highest BCUT2D eigenvalue weighted by Crippen LogP contribution is 2.21. The van der Waals surface area contributed by atoms with Crippen LogP contribution in [0.15, 0.2) is 24.3 Å². The average molecular weight is 303 g/mol. The van der Waals surface area contributed by atoms with Gasteiger partial charge in [-0.25, -0.2) is 0 Å². The number of halogens is 3. The van der Waals surface area contributed by atoms with E-state index in [9.17, 15) is 18.3 Å². The van der Waals surface area contributed by atoms with Crippen LogP contribution in [-0.4, -0.2) is 42.5 Å². The molecule has 0 bridgehead atoms. The van der Waals surface area contributed by atoms with Gasteiger partial charge in [-0.2, -0.15) is 13.2 Å². The van der Waals surface area contributed by atoms with Crippen LogP contribution in [0.2, 0.25) is 0 Å². The first-order valence-electron chi connectivity index (χ1n) is 7.08. The lowest BCUT2D eigenvalue weighted by atomic mass is 9.98. The topological polar surface area (TPSA) is 32.7 Å². The van der Waals surface area contributed by atoms with Crippen LogP contribution in [0.1, 0.15) is 18.4 Å². The molecule has 21 heavy (non-hydrogen) atoms. The normalized spacial score (nSPS) is 20.5. The molecule has 1 heterocycles. The third kappa shape index (κ3) is 5.55. The highest BCUT2D eigenvalue weighted by molar-refractivity contribution is 5.27. The van der Waals surface area contributed by atoms with Crippen LogP contribution >= 0.6 is 0 Å². The summed E-state index contributed by atoms with van der Waals surface area (Å²) in [6.45, 7) is 1.54. The van der Waals surface area contributed by atoms with Crippen molar-refractivity contribution in [2.24, 2.45) is 5.92 Å². The molecule has 1 aromatic rings. The Morgan fingerprint density at radius 1 is 1.24 bits per heavy atom. The van der Waals surface area contributed by atoms with E-state index in [1.165, 1.54) is 0 Å². The lowest BCUT2D eigenvalue weighted by Gasteiger charge is -2.31. The fourth-order valence-electron chi connectivity index (χ4n) is 2.56. The summed E-state index contributed by atoms with van der Waals surface area (Å²) in [4.78, 5) is 2.26. The van der Waals surface area contributed by atoms with Crippen LogP contribution in [0.25, 0.3) is 0 Å². The molecular weight excluding hydrogens is 283 g/mol. The summed E-state index contributed by atoms with van der Waals surface area (Å²) in [5.74, 6) is 0.552. The molecule has 0 spiro atoms. The number of hydrogen-bond acceptors (Lipinski definition) is 3. The monoisotopic (exact) mass is 303 g/mol.